The first-order valence-electron chi connectivity index (χ1n) is 8.14. The van der Waals surface area contributed by atoms with Crippen LogP contribution in [0.15, 0.2) is 47.4 Å². The zero-order valence-corrected chi connectivity index (χ0v) is 16.0. The van der Waals surface area contributed by atoms with Gasteiger partial charge in [0.1, 0.15) is 0 Å². The van der Waals surface area contributed by atoms with Crippen LogP contribution in [0.3, 0.4) is 0 Å². The van der Waals surface area contributed by atoms with Crippen molar-refractivity contribution in [3.05, 3.63) is 69.1 Å². The maximum absolute atomic E-state index is 13.1. The number of rotatable bonds is 5. The molecule has 2 aromatic carbocycles. The van der Waals surface area contributed by atoms with Crippen LogP contribution >= 0.6 is 23.4 Å². The Kier molecular flexibility index (Phi) is 5.51. The van der Waals surface area contributed by atoms with E-state index in [9.17, 15) is 9.59 Å². The fourth-order valence-corrected chi connectivity index (χ4v) is 3.75. The number of anilines is 1. The summed E-state index contributed by atoms with van der Waals surface area (Å²) >= 11 is 7.12. The predicted octanol–water partition coefficient (Wildman–Crippen LogP) is 3.97. The number of thioether (sulfide) groups is 1. The lowest BCUT2D eigenvalue weighted by Crippen LogP contribution is -2.31. The number of nitrogens with zero attached hydrogens (tertiary/aromatic N) is 1. The SMILES string of the molecule is Cc1ccc(C2=C(SCCO)C(=O)N(c3ccc(Cl)cc3)C2=O)cc1C. The zero-order chi connectivity index (χ0) is 18.8. The van der Waals surface area contributed by atoms with Crippen LogP contribution in [0.2, 0.25) is 5.02 Å². The fraction of sp³-hybridized carbons (Fsp3) is 0.200. The molecule has 1 N–H and O–H groups in total. The highest BCUT2D eigenvalue weighted by molar-refractivity contribution is 8.04. The Labute approximate surface area is 161 Å². The van der Waals surface area contributed by atoms with Crippen molar-refractivity contribution in [2.24, 2.45) is 0 Å². The summed E-state index contributed by atoms with van der Waals surface area (Å²) in [6, 6.07) is 12.3. The molecule has 6 heteroatoms. The van der Waals surface area contributed by atoms with Gasteiger partial charge in [-0.15, -0.1) is 11.8 Å². The van der Waals surface area contributed by atoms with Crippen molar-refractivity contribution < 1.29 is 14.7 Å². The molecule has 0 aliphatic carbocycles. The summed E-state index contributed by atoms with van der Waals surface area (Å²) in [5.74, 6) is -0.387. The number of aryl methyl sites for hydroxylation is 2. The largest absolute Gasteiger partial charge is 0.396 e. The molecule has 0 radical (unpaired) electrons. The molecule has 0 spiro atoms. The number of hydrogen-bond acceptors (Lipinski definition) is 4. The minimum absolute atomic E-state index is 0.0726. The summed E-state index contributed by atoms with van der Waals surface area (Å²) in [6.45, 7) is 3.89. The van der Waals surface area contributed by atoms with E-state index in [1.807, 2.05) is 32.0 Å². The normalized spacial score (nSPS) is 14.5. The third kappa shape index (κ3) is 3.43. The van der Waals surface area contributed by atoms with Crippen LogP contribution < -0.4 is 4.90 Å². The van der Waals surface area contributed by atoms with Gasteiger partial charge >= 0.3 is 0 Å². The van der Waals surface area contributed by atoms with Gasteiger partial charge in [0.05, 0.1) is 22.8 Å². The Hall–Kier alpha value is -2.08. The number of carbonyl (C=O) groups excluding carboxylic acids is 2. The smallest absolute Gasteiger partial charge is 0.272 e. The monoisotopic (exact) mass is 387 g/mol. The molecule has 1 aliphatic heterocycles. The molecule has 0 bridgehead atoms. The molecule has 0 saturated carbocycles. The Bertz CT molecular complexity index is 906. The van der Waals surface area contributed by atoms with Gasteiger partial charge in [0.15, 0.2) is 0 Å². The first kappa shape index (κ1) is 18.7. The Morgan fingerprint density at radius 3 is 2.31 bits per heavy atom. The summed E-state index contributed by atoms with van der Waals surface area (Å²) < 4.78 is 0. The average molecular weight is 388 g/mol. The molecule has 0 saturated heterocycles. The highest BCUT2D eigenvalue weighted by Gasteiger charge is 2.40. The first-order chi connectivity index (χ1) is 12.4. The molecule has 2 amide bonds. The average Bonchev–Trinajstić information content (AvgIpc) is 2.86. The van der Waals surface area contributed by atoms with Crippen LogP contribution in [0, 0.1) is 13.8 Å². The van der Waals surface area contributed by atoms with Gasteiger partial charge in [-0.3, -0.25) is 9.59 Å². The molecule has 0 fully saturated rings. The van der Waals surface area contributed by atoms with E-state index in [2.05, 4.69) is 0 Å². The number of carbonyl (C=O) groups is 2. The molecule has 2 aromatic rings. The summed E-state index contributed by atoms with van der Waals surface area (Å²) in [5.41, 5.74) is 3.73. The minimum atomic E-state index is -0.371. The fourth-order valence-electron chi connectivity index (χ4n) is 2.77. The third-order valence-electron chi connectivity index (χ3n) is 4.26. The van der Waals surface area contributed by atoms with E-state index in [1.54, 1.807) is 24.3 Å². The molecular weight excluding hydrogens is 370 g/mol. The van der Waals surface area contributed by atoms with Crippen LogP contribution in [0.5, 0.6) is 0 Å². The Balaban J connectivity index is 2.09. The molecule has 134 valence electrons. The van der Waals surface area contributed by atoms with Gasteiger partial charge in [-0.05, 0) is 54.8 Å². The van der Waals surface area contributed by atoms with Crippen LogP contribution in [0.4, 0.5) is 5.69 Å². The lowest BCUT2D eigenvalue weighted by atomic mass is 10.0. The molecule has 3 rings (SSSR count). The number of halogens is 1. The van der Waals surface area contributed by atoms with E-state index >= 15 is 0 Å². The van der Waals surface area contributed by atoms with Crippen molar-refractivity contribution in [1.29, 1.82) is 0 Å². The van der Waals surface area contributed by atoms with Crippen molar-refractivity contribution in [2.75, 3.05) is 17.3 Å². The van der Waals surface area contributed by atoms with Gasteiger partial charge in [-0.25, -0.2) is 4.90 Å². The molecule has 26 heavy (non-hydrogen) atoms. The molecule has 1 heterocycles. The molecule has 1 aliphatic rings. The number of hydrogen-bond donors (Lipinski definition) is 1. The first-order valence-corrected chi connectivity index (χ1v) is 9.50. The van der Waals surface area contributed by atoms with Crippen molar-refractivity contribution >= 4 is 46.4 Å². The second-order valence-electron chi connectivity index (χ2n) is 6.00. The number of amides is 2. The molecule has 4 nitrogen and oxygen atoms in total. The number of benzene rings is 2. The van der Waals surface area contributed by atoms with E-state index in [-0.39, 0.29) is 18.4 Å². The van der Waals surface area contributed by atoms with Crippen LogP contribution in [-0.4, -0.2) is 29.3 Å². The highest BCUT2D eigenvalue weighted by Crippen LogP contribution is 2.38. The number of imide groups is 1. The number of aliphatic hydroxyl groups is 1. The van der Waals surface area contributed by atoms with Gasteiger partial charge in [-0.2, -0.15) is 0 Å². The summed E-state index contributed by atoms with van der Waals surface area (Å²) in [6.07, 6.45) is 0. The van der Waals surface area contributed by atoms with Crippen LogP contribution in [0.25, 0.3) is 5.57 Å². The summed E-state index contributed by atoms with van der Waals surface area (Å²) in [7, 11) is 0. The second kappa shape index (κ2) is 7.66. The highest BCUT2D eigenvalue weighted by atomic mass is 35.5. The summed E-state index contributed by atoms with van der Waals surface area (Å²) in [4.78, 5) is 27.6. The van der Waals surface area contributed by atoms with E-state index < -0.39 is 0 Å². The van der Waals surface area contributed by atoms with Gasteiger partial charge in [0.2, 0.25) is 0 Å². The second-order valence-corrected chi connectivity index (χ2v) is 7.54. The maximum Gasteiger partial charge on any atom is 0.272 e. The van der Waals surface area contributed by atoms with Gasteiger partial charge < -0.3 is 5.11 Å². The van der Waals surface area contributed by atoms with Crippen molar-refractivity contribution in [2.45, 2.75) is 13.8 Å². The van der Waals surface area contributed by atoms with Gasteiger partial charge in [0.25, 0.3) is 11.8 Å². The standard InChI is InChI=1S/C20H18ClNO3S/c1-12-3-4-14(11-13(12)2)17-18(26-10-9-23)20(25)22(19(17)24)16-7-5-15(21)6-8-16/h3-8,11,23H,9-10H2,1-2H3. The third-order valence-corrected chi connectivity index (χ3v) is 5.57. The molecular formula is C20H18ClNO3S. The molecule has 0 aromatic heterocycles. The van der Waals surface area contributed by atoms with E-state index in [4.69, 9.17) is 16.7 Å². The minimum Gasteiger partial charge on any atom is -0.396 e. The van der Waals surface area contributed by atoms with E-state index in [0.29, 0.717) is 32.5 Å². The Morgan fingerprint density at radius 2 is 1.69 bits per heavy atom. The zero-order valence-electron chi connectivity index (χ0n) is 14.5. The van der Waals surface area contributed by atoms with E-state index in [1.165, 1.54) is 16.7 Å². The van der Waals surface area contributed by atoms with Crippen molar-refractivity contribution in [1.82, 2.24) is 0 Å². The molecule has 0 unspecified atom stereocenters. The lowest BCUT2D eigenvalue weighted by Gasteiger charge is -2.15. The van der Waals surface area contributed by atoms with Crippen LogP contribution in [-0.2, 0) is 9.59 Å². The van der Waals surface area contributed by atoms with Gasteiger partial charge in [-0.1, -0.05) is 29.8 Å². The lowest BCUT2D eigenvalue weighted by molar-refractivity contribution is -0.119. The predicted molar refractivity (Wildman–Crippen MR) is 106 cm³/mol. The Morgan fingerprint density at radius 1 is 1.00 bits per heavy atom. The topological polar surface area (TPSA) is 57.6 Å². The van der Waals surface area contributed by atoms with Crippen molar-refractivity contribution in [3.63, 3.8) is 0 Å². The van der Waals surface area contributed by atoms with Crippen molar-refractivity contribution in [3.8, 4) is 0 Å². The maximum atomic E-state index is 13.1. The van der Waals surface area contributed by atoms with E-state index in [0.717, 1.165) is 11.1 Å². The quantitative estimate of drug-likeness (QED) is 0.789. The number of aliphatic hydroxyl groups excluding tert-OH is 1. The van der Waals surface area contributed by atoms with Crippen LogP contribution in [0.1, 0.15) is 16.7 Å². The van der Waals surface area contributed by atoms with Gasteiger partial charge in [0, 0.05) is 10.8 Å². The molecule has 0 atom stereocenters. The summed E-state index contributed by atoms with van der Waals surface area (Å²) in [5, 5.41) is 9.69.